The molecule has 31 heavy (non-hydrogen) atoms. The van der Waals surface area contributed by atoms with Crippen molar-refractivity contribution in [3.63, 3.8) is 0 Å². The predicted molar refractivity (Wildman–Crippen MR) is 115 cm³/mol. The fraction of sp³-hybridized carbons (Fsp3) is 0.565. The smallest absolute Gasteiger partial charge is 0.325 e. The predicted octanol–water partition coefficient (Wildman–Crippen LogP) is 2.91. The van der Waals surface area contributed by atoms with Crippen molar-refractivity contribution in [3.8, 4) is 0 Å². The highest BCUT2D eigenvalue weighted by Gasteiger charge is 2.51. The Balaban J connectivity index is 1.15. The molecule has 0 radical (unpaired) electrons. The Kier molecular flexibility index (Phi) is 5.16. The molecule has 2 saturated heterocycles. The number of piperidine rings is 1. The first-order valence-electron chi connectivity index (χ1n) is 11.4. The monoisotopic (exact) mass is 423 g/mol. The zero-order valence-electron chi connectivity index (χ0n) is 17.7. The van der Waals surface area contributed by atoms with E-state index in [1.807, 2.05) is 17.2 Å². The number of imide groups is 1. The average molecular weight is 424 g/mol. The number of aromatic amines is 1. The zero-order chi connectivity index (χ0) is 21.4. The van der Waals surface area contributed by atoms with Gasteiger partial charge in [0.2, 0.25) is 5.91 Å². The number of pyridine rings is 1. The van der Waals surface area contributed by atoms with Gasteiger partial charge in [-0.25, -0.2) is 9.78 Å². The number of nitrogens with one attached hydrogen (secondary N) is 2. The van der Waals surface area contributed by atoms with Gasteiger partial charge in [-0.05, 0) is 49.3 Å². The van der Waals surface area contributed by atoms with E-state index in [9.17, 15) is 14.4 Å². The number of hydrogen-bond donors (Lipinski definition) is 2. The molecule has 0 atom stereocenters. The minimum atomic E-state index is -0.717. The van der Waals surface area contributed by atoms with Crippen molar-refractivity contribution in [1.29, 1.82) is 0 Å². The SMILES string of the molecule is O=C(CCN1C(=O)NC2(CCCCC2)C1=O)N1CCC(c2c[nH]c3ncccc23)CC1. The van der Waals surface area contributed by atoms with E-state index in [0.717, 1.165) is 43.1 Å². The van der Waals surface area contributed by atoms with Crippen LogP contribution >= 0.6 is 0 Å². The number of urea groups is 1. The van der Waals surface area contributed by atoms with E-state index < -0.39 is 5.54 Å². The van der Waals surface area contributed by atoms with Crippen LogP contribution in [0.5, 0.6) is 0 Å². The van der Waals surface area contributed by atoms with E-state index in [1.54, 1.807) is 6.20 Å². The first-order chi connectivity index (χ1) is 15.1. The number of hydrogen-bond acceptors (Lipinski definition) is 4. The maximum absolute atomic E-state index is 12.9. The lowest BCUT2D eigenvalue weighted by Gasteiger charge is -2.32. The molecule has 0 aromatic carbocycles. The Morgan fingerprint density at radius 3 is 2.71 bits per heavy atom. The van der Waals surface area contributed by atoms with Crippen molar-refractivity contribution in [3.05, 3.63) is 30.1 Å². The Morgan fingerprint density at radius 2 is 1.94 bits per heavy atom. The number of aromatic nitrogens is 2. The highest BCUT2D eigenvalue weighted by molar-refractivity contribution is 6.07. The normalized spacial score (nSPS) is 21.8. The molecule has 3 fully saturated rings. The van der Waals surface area contributed by atoms with Gasteiger partial charge in [0.25, 0.3) is 5.91 Å². The van der Waals surface area contributed by atoms with E-state index in [-0.39, 0.29) is 30.8 Å². The molecular weight excluding hydrogens is 394 g/mol. The second kappa shape index (κ2) is 7.98. The lowest BCUT2D eigenvalue weighted by molar-refractivity contribution is -0.134. The minimum Gasteiger partial charge on any atom is -0.346 e. The van der Waals surface area contributed by atoms with Crippen molar-refractivity contribution in [1.82, 2.24) is 25.1 Å². The number of amides is 4. The summed E-state index contributed by atoms with van der Waals surface area (Å²) in [5.74, 6) is 0.278. The number of fused-ring (bicyclic) bond motifs is 1. The third-order valence-electron chi connectivity index (χ3n) is 7.27. The molecule has 2 aliphatic heterocycles. The molecule has 4 amide bonds. The van der Waals surface area contributed by atoms with E-state index in [0.29, 0.717) is 31.8 Å². The molecule has 5 rings (SSSR count). The zero-order valence-corrected chi connectivity index (χ0v) is 17.7. The van der Waals surface area contributed by atoms with E-state index in [4.69, 9.17) is 0 Å². The Bertz CT molecular complexity index is 1000. The van der Waals surface area contributed by atoms with Crippen LogP contribution < -0.4 is 5.32 Å². The molecule has 8 nitrogen and oxygen atoms in total. The van der Waals surface area contributed by atoms with Crippen LogP contribution in [0.4, 0.5) is 4.79 Å². The Hall–Kier alpha value is -2.90. The number of nitrogens with zero attached hydrogens (tertiary/aromatic N) is 3. The number of likely N-dealkylation sites (tertiary alicyclic amines) is 1. The summed E-state index contributed by atoms with van der Waals surface area (Å²) < 4.78 is 0. The average Bonchev–Trinajstić information content (AvgIpc) is 3.32. The first-order valence-corrected chi connectivity index (χ1v) is 11.4. The summed E-state index contributed by atoms with van der Waals surface area (Å²) in [6.45, 7) is 1.56. The number of carbonyl (C=O) groups is 3. The third-order valence-corrected chi connectivity index (χ3v) is 7.27. The standard InChI is InChI=1S/C23H29N5O3/c29-19(8-14-28-21(30)23(26-22(28)31)9-2-1-3-10-23)27-12-6-16(7-13-27)18-15-25-20-17(18)5-4-11-24-20/h4-5,11,15-16H,1-3,6-10,12-14H2,(H,24,25)(H,26,31). The molecule has 4 heterocycles. The van der Waals surface area contributed by atoms with Crippen molar-refractivity contribution in [2.75, 3.05) is 19.6 Å². The second-order valence-electron chi connectivity index (χ2n) is 9.08. The van der Waals surface area contributed by atoms with Crippen LogP contribution in [-0.2, 0) is 9.59 Å². The van der Waals surface area contributed by atoms with Gasteiger partial charge in [0, 0.05) is 43.8 Å². The van der Waals surface area contributed by atoms with Gasteiger partial charge >= 0.3 is 6.03 Å². The van der Waals surface area contributed by atoms with Crippen molar-refractivity contribution >= 4 is 28.9 Å². The quantitative estimate of drug-likeness (QED) is 0.739. The van der Waals surface area contributed by atoms with Crippen molar-refractivity contribution < 1.29 is 14.4 Å². The summed E-state index contributed by atoms with van der Waals surface area (Å²) in [5, 5.41) is 4.07. The Labute approximate surface area is 181 Å². The van der Waals surface area contributed by atoms with Crippen LogP contribution in [0, 0.1) is 0 Å². The van der Waals surface area contributed by atoms with Gasteiger partial charge in [0.1, 0.15) is 11.2 Å². The van der Waals surface area contributed by atoms with E-state index in [2.05, 4.69) is 21.4 Å². The van der Waals surface area contributed by atoms with Crippen molar-refractivity contribution in [2.24, 2.45) is 0 Å². The topological polar surface area (TPSA) is 98.4 Å². The number of rotatable bonds is 4. The van der Waals surface area contributed by atoms with Gasteiger partial charge in [-0.2, -0.15) is 0 Å². The largest absolute Gasteiger partial charge is 0.346 e. The van der Waals surface area contributed by atoms with Gasteiger partial charge in [0.05, 0.1) is 0 Å². The summed E-state index contributed by atoms with van der Waals surface area (Å²) >= 11 is 0. The van der Waals surface area contributed by atoms with Crippen LogP contribution in [0.25, 0.3) is 11.0 Å². The number of carbonyl (C=O) groups excluding carboxylic acids is 3. The maximum Gasteiger partial charge on any atom is 0.325 e. The van der Waals surface area contributed by atoms with Crippen molar-refractivity contribution in [2.45, 2.75) is 62.8 Å². The summed E-state index contributed by atoms with van der Waals surface area (Å²) in [5.41, 5.74) is 1.46. The maximum atomic E-state index is 12.9. The van der Waals surface area contributed by atoms with E-state index in [1.165, 1.54) is 10.5 Å². The molecule has 1 aliphatic carbocycles. The lowest BCUT2D eigenvalue weighted by atomic mass is 9.82. The molecule has 0 bridgehead atoms. The molecule has 8 heteroatoms. The van der Waals surface area contributed by atoms with Gasteiger partial charge in [-0.3, -0.25) is 14.5 Å². The fourth-order valence-electron chi connectivity index (χ4n) is 5.49. The van der Waals surface area contributed by atoms with Crippen LogP contribution in [0.2, 0.25) is 0 Å². The summed E-state index contributed by atoms with van der Waals surface area (Å²) in [6.07, 6.45) is 10.3. The molecule has 2 aromatic heterocycles. The van der Waals surface area contributed by atoms with Crippen LogP contribution in [-0.4, -0.2) is 62.8 Å². The van der Waals surface area contributed by atoms with Gasteiger partial charge in [-0.1, -0.05) is 19.3 Å². The minimum absolute atomic E-state index is 0.0178. The van der Waals surface area contributed by atoms with Crippen LogP contribution in [0.3, 0.4) is 0 Å². The molecular formula is C23H29N5O3. The summed E-state index contributed by atoms with van der Waals surface area (Å²) in [6, 6.07) is 3.69. The second-order valence-corrected chi connectivity index (χ2v) is 9.08. The van der Waals surface area contributed by atoms with Crippen LogP contribution in [0.15, 0.2) is 24.5 Å². The highest BCUT2D eigenvalue weighted by atomic mass is 16.2. The van der Waals surface area contributed by atoms with Gasteiger partial charge < -0.3 is 15.2 Å². The highest BCUT2D eigenvalue weighted by Crippen LogP contribution is 2.34. The van der Waals surface area contributed by atoms with Gasteiger partial charge in [0.15, 0.2) is 0 Å². The van der Waals surface area contributed by atoms with Gasteiger partial charge in [-0.15, -0.1) is 0 Å². The molecule has 3 aliphatic rings. The lowest BCUT2D eigenvalue weighted by Crippen LogP contribution is -2.48. The molecule has 1 saturated carbocycles. The van der Waals surface area contributed by atoms with E-state index >= 15 is 0 Å². The number of H-pyrrole nitrogens is 1. The first kappa shape index (κ1) is 20.0. The molecule has 2 aromatic rings. The molecule has 1 spiro atoms. The summed E-state index contributed by atoms with van der Waals surface area (Å²) in [4.78, 5) is 48.8. The fourth-order valence-corrected chi connectivity index (χ4v) is 5.49. The Morgan fingerprint density at radius 1 is 1.16 bits per heavy atom. The third kappa shape index (κ3) is 3.58. The molecule has 0 unspecified atom stereocenters. The molecule has 164 valence electrons. The van der Waals surface area contributed by atoms with Crippen LogP contribution in [0.1, 0.15) is 62.8 Å². The molecule has 2 N–H and O–H groups in total. The summed E-state index contributed by atoms with van der Waals surface area (Å²) in [7, 11) is 0.